The van der Waals surface area contributed by atoms with Gasteiger partial charge in [0.05, 0.1) is 0 Å². The highest BCUT2D eigenvalue weighted by Gasteiger charge is 2.11. The highest BCUT2D eigenvalue weighted by Crippen LogP contribution is 2.22. The molecule has 0 bridgehead atoms. The standard InChI is InChI=1S/C7H10ClNS/c1-2-5-3-4-9-7(8)6(5)10/h3-4,7,9-10H,2H2,1H3. The van der Waals surface area contributed by atoms with Crippen LogP contribution in [-0.4, -0.2) is 5.50 Å². The first kappa shape index (κ1) is 8.02. The molecule has 3 heteroatoms. The molecule has 0 aromatic rings. The van der Waals surface area contributed by atoms with E-state index in [1.54, 1.807) is 0 Å². The zero-order chi connectivity index (χ0) is 7.56. The predicted molar refractivity (Wildman–Crippen MR) is 48.2 cm³/mol. The number of rotatable bonds is 1. The van der Waals surface area contributed by atoms with Crippen LogP contribution in [0.15, 0.2) is 22.8 Å². The minimum Gasteiger partial charge on any atom is -0.371 e. The Morgan fingerprint density at radius 2 is 2.50 bits per heavy atom. The quantitative estimate of drug-likeness (QED) is 0.354. The number of thiol groups is 1. The van der Waals surface area contributed by atoms with Crippen LogP contribution in [-0.2, 0) is 0 Å². The fraction of sp³-hybridized carbons (Fsp3) is 0.429. The molecule has 0 amide bonds. The molecular formula is C7H10ClNS. The van der Waals surface area contributed by atoms with Gasteiger partial charge in [0.1, 0.15) is 5.50 Å². The molecule has 0 spiro atoms. The predicted octanol–water partition coefficient (Wildman–Crippen LogP) is 2.26. The number of nitrogens with one attached hydrogen (secondary N) is 1. The number of halogens is 1. The van der Waals surface area contributed by atoms with Crippen molar-refractivity contribution in [1.29, 1.82) is 0 Å². The van der Waals surface area contributed by atoms with Crippen LogP contribution in [0.2, 0.25) is 0 Å². The van der Waals surface area contributed by atoms with E-state index in [1.807, 2.05) is 12.3 Å². The molecule has 1 unspecified atom stereocenters. The second-order valence-corrected chi connectivity index (χ2v) is 3.04. The van der Waals surface area contributed by atoms with Crippen molar-refractivity contribution in [3.05, 3.63) is 22.8 Å². The third kappa shape index (κ3) is 1.50. The van der Waals surface area contributed by atoms with Crippen molar-refractivity contribution in [3.8, 4) is 0 Å². The Morgan fingerprint density at radius 1 is 1.80 bits per heavy atom. The smallest absolute Gasteiger partial charge is 0.132 e. The van der Waals surface area contributed by atoms with Crippen LogP contribution in [0.25, 0.3) is 0 Å². The summed E-state index contributed by atoms with van der Waals surface area (Å²) in [6.07, 6.45) is 4.84. The molecule has 56 valence electrons. The Balaban J connectivity index is 2.82. The second kappa shape index (κ2) is 3.35. The van der Waals surface area contributed by atoms with Gasteiger partial charge < -0.3 is 5.32 Å². The lowest BCUT2D eigenvalue weighted by Gasteiger charge is -2.17. The van der Waals surface area contributed by atoms with E-state index in [2.05, 4.69) is 24.9 Å². The molecule has 1 aliphatic heterocycles. The third-order valence-corrected chi connectivity index (χ3v) is 2.52. The lowest BCUT2D eigenvalue weighted by Crippen LogP contribution is -2.21. The lowest BCUT2D eigenvalue weighted by atomic mass is 10.1. The van der Waals surface area contributed by atoms with Crippen LogP contribution in [0.4, 0.5) is 0 Å². The van der Waals surface area contributed by atoms with E-state index in [0.29, 0.717) is 0 Å². The van der Waals surface area contributed by atoms with Crippen molar-refractivity contribution in [1.82, 2.24) is 5.32 Å². The molecule has 10 heavy (non-hydrogen) atoms. The molecule has 1 rings (SSSR count). The average molecular weight is 176 g/mol. The SMILES string of the molecule is CCC1=C(S)C(Cl)NC=C1. The van der Waals surface area contributed by atoms with Crippen LogP contribution in [0.3, 0.4) is 0 Å². The van der Waals surface area contributed by atoms with Gasteiger partial charge in [0, 0.05) is 4.91 Å². The van der Waals surface area contributed by atoms with Crippen LogP contribution < -0.4 is 5.32 Å². The minimum absolute atomic E-state index is 0.136. The number of hydrogen-bond acceptors (Lipinski definition) is 2. The summed E-state index contributed by atoms with van der Waals surface area (Å²) in [5, 5.41) is 2.95. The largest absolute Gasteiger partial charge is 0.371 e. The zero-order valence-electron chi connectivity index (χ0n) is 5.76. The average Bonchev–Trinajstić information content (AvgIpc) is 1.95. The molecule has 1 atom stereocenters. The van der Waals surface area contributed by atoms with E-state index in [0.717, 1.165) is 11.3 Å². The first-order valence-corrected chi connectivity index (χ1v) is 4.12. The van der Waals surface area contributed by atoms with Crippen LogP contribution in [0.5, 0.6) is 0 Å². The fourth-order valence-electron chi connectivity index (χ4n) is 0.859. The first-order valence-electron chi connectivity index (χ1n) is 3.24. The van der Waals surface area contributed by atoms with Gasteiger partial charge in [0.2, 0.25) is 0 Å². The van der Waals surface area contributed by atoms with E-state index < -0.39 is 0 Å². The van der Waals surface area contributed by atoms with Crippen molar-refractivity contribution in [3.63, 3.8) is 0 Å². The van der Waals surface area contributed by atoms with Crippen LogP contribution in [0.1, 0.15) is 13.3 Å². The van der Waals surface area contributed by atoms with E-state index in [-0.39, 0.29) is 5.50 Å². The molecule has 0 fully saturated rings. The molecule has 1 nitrogen and oxygen atoms in total. The molecule has 0 aromatic heterocycles. The van der Waals surface area contributed by atoms with E-state index in [1.165, 1.54) is 5.57 Å². The summed E-state index contributed by atoms with van der Waals surface area (Å²) >= 11 is 10.1. The van der Waals surface area contributed by atoms with Crippen molar-refractivity contribution in [2.45, 2.75) is 18.8 Å². The third-order valence-electron chi connectivity index (χ3n) is 1.48. The van der Waals surface area contributed by atoms with Gasteiger partial charge >= 0.3 is 0 Å². The fourth-order valence-corrected chi connectivity index (χ4v) is 1.38. The van der Waals surface area contributed by atoms with Crippen molar-refractivity contribution < 1.29 is 0 Å². The monoisotopic (exact) mass is 175 g/mol. The second-order valence-electron chi connectivity index (χ2n) is 2.13. The van der Waals surface area contributed by atoms with Gasteiger partial charge in [-0.3, -0.25) is 0 Å². The Morgan fingerprint density at radius 3 is 3.00 bits per heavy atom. The van der Waals surface area contributed by atoms with Gasteiger partial charge in [-0.2, -0.15) is 0 Å². The summed E-state index contributed by atoms with van der Waals surface area (Å²) in [7, 11) is 0. The molecular weight excluding hydrogens is 166 g/mol. The number of dihydropyridines is 1. The summed E-state index contributed by atoms with van der Waals surface area (Å²) in [5.74, 6) is 0. The van der Waals surface area contributed by atoms with Gasteiger partial charge in [-0.15, -0.1) is 12.6 Å². The van der Waals surface area contributed by atoms with Crippen molar-refractivity contribution in [2.75, 3.05) is 0 Å². The van der Waals surface area contributed by atoms with Crippen molar-refractivity contribution >= 4 is 24.2 Å². The summed E-state index contributed by atoms with van der Waals surface area (Å²) < 4.78 is 0. The Hall–Kier alpha value is -0.0800. The van der Waals surface area contributed by atoms with Gasteiger partial charge in [-0.25, -0.2) is 0 Å². The van der Waals surface area contributed by atoms with E-state index in [4.69, 9.17) is 11.6 Å². The van der Waals surface area contributed by atoms with Gasteiger partial charge in [-0.1, -0.05) is 18.5 Å². The lowest BCUT2D eigenvalue weighted by molar-refractivity contribution is 0.866. The molecule has 0 aliphatic carbocycles. The Bertz CT molecular complexity index is 186. The minimum atomic E-state index is -0.136. The number of alkyl halides is 1. The number of hydrogen-bond donors (Lipinski definition) is 2. The maximum Gasteiger partial charge on any atom is 0.132 e. The van der Waals surface area contributed by atoms with E-state index in [9.17, 15) is 0 Å². The summed E-state index contributed by atoms with van der Waals surface area (Å²) in [6, 6.07) is 0. The van der Waals surface area contributed by atoms with E-state index >= 15 is 0 Å². The molecule has 0 aromatic carbocycles. The van der Waals surface area contributed by atoms with Crippen molar-refractivity contribution in [2.24, 2.45) is 0 Å². The maximum atomic E-state index is 5.84. The number of allylic oxidation sites excluding steroid dienone is 2. The summed E-state index contributed by atoms with van der Waals surface area (Å²) in [4.78, 5) is 0.937. The molecule has 0 radical (unpaired) electrons. The molecule has 0 saturated heterocycles. The highest BCUT2D eigenvalue weighted by molar-refractivity contribution is 7.84. The molecule has 1 heterocycles. The first-order chi connectivity index (χ1) is 4.75. The summed E-state index contributed by atoms with van der Waals surface area (Å²) in [5.41, 5.74) is 1.07. The normalized spacial score (nSPS) is 24.9. The topological polar surface area (TPSA) is 12.0 Å². The van der Waals surface area contributed by atoms with Crippen LogP contribution >= 0.6 is 24.2 Å². The van der Waals surface area contributed by atoms with Gasteiger partial charge in [0.15, 0.2) is 0 Å². The Kier molecular flexibility index (Phi) is 2.69. The molecule has 1 N–H and O–H groups in total. The molecule has 1 aliphatic rings. The van der Waals surface area contributed by atoms with Gasteiger partial charge in [0.25, 0.3) is 0 Å². The zero-order valence-corrected chi connectivity index (χ0v) is 7.41. The summed E-state index contributed by atoms with van der Waals surface area (Å²) in [6.45, 7) is 2.09. The Labute approximate surface area is 71.6 Å². The van der Waals surface area contributed by atoms with Gasteiger partial charge in [-0.05, 0) is 24.3 Å². The highest BCUT2D eigenvalue weighted by atomic mass is 35.5. The van der Waals surface area contributed by atoms with Crippen LogP contribution in [0, 0.1) is 0 Å². The molecule has 0 saturated carbocycles. The maximum absolute atomic E-state index is 5.84.